The predicted molar refractivity (Wildman–Crippen MR) is 68.5 cm³/mol. The van der Waals surface area contributed by atoms with Gasteiger partial charge < -0.3 is 10.0 Å². The number of nitrogens with zero attached hydrogens (tertiary/aromatic N) is 1. The molecule has 0 aliphatic carbocycles. The van der Waals surface area contributed by atoms with Gasteiger partial charge >= 0.3 is 0 Å². The second-order valence-corrected chi connectivity index (χ2v) is 5.34. The Kier molecular flexibility index (Phi) is 6.86. The molecule has 0 saturated carbocycles. The van der Waals surface area contributed by atoms with Crippen LogP contribution in [0, 0.1) is 5.92 Å². The highest BCUT2D eigenvalue weighted by Crippen LogP contribution is 2.21. The van der Waals surface area contributed by atoms with Gasteiger partial charge in [0.2, 0.25) is 0 Å². The van der Waals surface area contributed by atoms with Crippen LogP contribution in [0.15, 0.2) is 0 Å². The van der Waals surface area contributed by atoms with Crippen molar-refractivity contribution in [2.75, 3.05) is 25.0 Å². The topological polar surface area (TPSA) is 23.5 Å². The Hall–Kier alpha value is 0.400. The summed E-state index contributed by atoms with van der Waals surface area (Å²) in [6, 6.07) is 0. The number of likely N-dealkylation sites (tertiary alicyclic amines) is 1. The van der Waals surface area contributed by atoms with Crippen molar-refractivity contribution in [3.8, 4) is 0 Å². The van der Waals surface area contributed by atoms with E-state index in [1.54, 1.807) is 0 Å². The van der Waals surface area contributed by atoms with Crippen LogP contribution in [0.3, 0.4) is 0 Å². The van der Waals surface area contributed by atoms with E-state index in [1.165, 1.54) is 45.2 Å². The van der Waals surface area contributed by atoms with Gasteiger partial charge in [0.15, 0.2) is 0 Å². The lowest BCUT2D eigenvalue weighted by Gasteiger charge is -2.22. The standard InChI is InChI=1S/C12H24BrNO/c1-2-4-11-5-3-7-14(8-6-11)10-12(15)9-13/h11-12,15H,2-10H2,1H3. The lowest BCUT2D eigenvalue weighted by atomic mass is 9.96. The van der Waals surface area contributed by atoms with E-state index in [1.807, 2.05) is 0 Å². The Bertz CT molecular complexity index is 166. The van der Waals surface area contributed by atoms with Crippen molar-refractivity contribution in [1.82, 2.24) is 4.90 Å². The molecular weight excluding hydrogens is 254 g/mol. The maximum absolute atomic E-state index is 9.58. The number of rotatable bonds is 5. The maximum Gasteiger partial charge on any atom is 0.0763 e. The average Bonchev–Trinajstić information content (AvgIpc) is 2.45. The number of β-amino-alcohol motifs (C(OH)–C–C–N with tert-alkyl or cyclic N) is 1. The number of hydrogen-bond acceptors (Lipinski definition) is 2. The third kappa shape index (κ3) is 5.32. The van der Waals surface area contributed by atoms with Crippen molar-refractivity contribution in [2.45, 2.75) is 45.1 Å². The van der Waals surface area contributed by atoms with Gasteiger partial charge in [0.1, 0.15) is 0 Å². The number of alkyl halides is 1. The normalized spacial score (nSPS) is 26.2. The zero-order valence-electron chi connectivity index (χ0n) is 9.79. The minimum absolute atomic E-state index is 0.201. The monoisotopic (exact) mass is 277 g/mol. The SMILES string of the molecule is CCCC1CCCN(CC(O)CBr)CC1. The molecule has 1 fully saturated rings. The summed E-state index contributed by atoms with van der Waals surface area (Å²) in [4.78, 5) is 2.42. The molecule has 2 nitrogen and oxygen atoms in total. The number of halogens is 1. The maximum atomic E-state index is 9.58. The van der Waals surface area contributed by atoms with Crippen LogP contribution in [-0.4, -0.2) is 41.1 Å². The molecule has 1 rings (SSSR count). The lowest BCUT2D eigenvalue weighted by molar-refractivity contribution is 0.132. The Morgan fingerprint density at radius 2 is 2.20 bits per heavy atom. The van der Waals surface area contributed by atoms with E-state index in [2.05, 4.69) is 27.8 Å². The quantitative estimate of drug-likeness (QED) is 0.781. The van der Waals surface area contributed by atoms with E-state index in [9.17, 15) is 5.11 Å². The molecule has 1 N–H and O–H groups in total. The minimum Gasteiger partial charge on any atom is -0.391 e. The van der Waals surface area contributed by atoms with Crippen molar-refractivity contribution < 1.29 is 5.11 Å². The van der Waals surface area contributed by atoms with Gasteiger partial charge in [-0.2, -0.15) is 0 Å². The molecule has 1 aliphatic rings. The van der Waals surface area contributed by atoms with Crippen LogP contribution < -0.4 is 0 Å². The molecule has 1 saturated heterocycles. The van der Waals surface area contributed by atoms with E-state index < -0.39 is 0 Å². The second kappa shape index (κ2) is 7.64. The summed E-state index contributed by atoms with van der Waals surface area (Å²) in [6.07, 6.45) is 6.51. The van der Waals surface area contributed by atoms with E-state index in [-0.39, 0.29) is 6.10 Å². The van der Waals surface area contributed by atoms with Crippen LogP contribution in [0.1, 0.15) is 39.0 Å². The molecule has 0 aromatic rings. The molecule has 2 unspecified atom stereocenters. The first-order valence-corrected chi connectivity index (χ1v) is 7.34. The van der Waals surface area contributed by atoms with E-state index in [0.29, 0.717) is 5.33 Å². The zero-order chi connectivity index (χ0) is 11.1. The van der Waals surface area contributed by atoms with Crippen molar-refractivity contribution in [2.24, 2.45) is 5.92 Å². The van der Waals surface area contributed by atoms with Gasteiger partial charge in [-0.1, -0.05) is 35.7 Å². The fourth-order valence-electron chi connectivity index (χ4n) is 2.45. The van der Waals surface area contributed by atoms with E-state index in [4.69, 9.17) is 0 Å². The summed E-state index contributed by atoms with van der Waals surface area (Å²) in [5.74, 6) is 0.932. The molecule has 2 atom stereocenters. The molecule has 15 heavy (non-hydrogen) atoms. The summed E-state index contributed by atoms with van der Waals surface area (Å²) in [7, 11) is 0. The Morgan fingerprint density at radius 3 is 2.87 bits per heavy atom. The molecule has 0 bridgehead atoms. The molecular formula is C12H24BrNO. The summed E-state index contributed by atoms with van der Waals surface area (Å²) < 4.78 is 0. The summed E-state index contributed by atoms with van der Waals surface area (Å²) in [5, 5.41) is 10.3. The third-order valence-corrected chi connectivity index (χ3v) is 4.03. The highest BCUT2D eigenvalue weighted by molar-refractivity contribution is 9.09. The van der Waals surface area contributed by atoms with Crippen molar-refractivity contribution in [1.29, 1.82) is 0 Å². The summed E-state index contributed by atoms with van der Waals surface area (Å²) in [5.41, 5.74) is 0. The fourth-order valence-corrected chi connectivity index (χ4v) is 2.66. The van der Waals surface area contributed by atoms with Gasteiger partial charge in [-0.15, -0.1) is 0 Å². The minimum atomic E-state index is -0.201. The predicted octanol–water partition coefficient (Wildman–Crippen LogP) is 2.64. The molecule has 90 valence electrons. The van der Waals surface area contributed by atoms with Gasteiger partial charge in [0.05, 0.1) is 6.10 Å². The Morgan fingerprint density at radius 1 is 1.40 bits per heavy atom. The van der Waals surface area contributed by atoms with Crippen LogP contribution in [0.2, 0.25) is 0 Å². The fraction of sp³-hybridized carbons (Fsp3) is 1.00. The van der Waals surface area contributed by atoms with Gasteiger partial charge in [-0.25, -0.2) is 0 Å². The largest absolute Gasteiger partial charge is 0.391 e. The Labute approximate surface area is 102 Å². The van der Waals surface area contributed by atoms with Crippen LogP contribution in [0.25, 0.3) is 0 Å². The van der Waals surface area contributed by atoms with Gasteiger partial charge in [0.25, 0.3) is 0 Å². The van der Waals surface area contributed by atoms with Crippen molar-refractivity contribution in [3.05, 3.63) is 0 Å². The second-order valence-electron chi connectivity index (χ2n) is 4.69. The van der Waals surface area contributed by atoms with Crippen LogP contribution in [-0.2, 0) is 0 Å². The van der Waals surface area contributed by atoms with Crippen LogP contribution >= 0.6 is 15.9 Å². The molecule has 1 aliphatic heterocycles. The van der Waals surface area contributed by atoms with E-state index >= 15 is 0 Å². The number of aliphatic hydroxyl groups is 1. The van der Waals surface area contributed by atoms with Crippen molar-refractivity contribution >= 4 is 15.9 Å². The first-order valence-electron chi connectivity index (χ1n) is 6.22. The van der Waals surface area contributed by atoms with Gasteiger partial charge in [0, 0.05) is 11.9 Å². The smallest absolute Gasteiger partial charge is 0.0763 e. The molecule has 0 radical (unpaired) electrons. The molecule has 0 aromatic heterocycles. The number of hydrogen-bond donors (Lipinski definition) is 1. The summed E-state index contributed by atoms with van der Waals surface area (Å²) in [6.45, 7) is 5.46. The lowest BCUT2D eigenvalue weighted by Crippen LogP contribution is -2.34. The molecule has 3 heteroatoms. The average molecular weight is 278 g/mol. The van der Waals surface area contributed by atoms with Crippen LogP contribution in [0.4, 0.5) is 0 Å². The molecule has 0 amide bonds. The molecule has 0 spiro atoms. The highest BCUT2D eigenvalue weighted by atomic mass is 79.9. The summed E-state index contributed by atoms with van der Waals surface area (Å²) >= 11 is 3.32. The third-order valence-electron chi connectivity index (χ3n) is 3.28. The van der Waals surface area contributed by atoms with Crippen LogP contribution in [0.5, 0.6) is 0 Å². The first kappa shape index (κ1) is 13.5. The highest BCUT2D eigenvalue weighted by Gasteiger charge is 2.17. The zero-order valence-corrected chi connectivity index (χ0v) is 11.4. The van der Waals surface area contributed by atoms with E-state index in [0.717, 1.165) is 12.5 Å². The van der Waals surface area contributed by atoms with Gasteiger partial charge in [-0.3, -0.25) is 0 Å². The first-order chi connectivity index (χ1) is 7.26. The Balaban J connectivity index is 2.26. The van der Waals surface area contributed by atoms with Gasteiger partial charge in [-0.05, 0) is 38.3 Å². The molecule has 0 aromatic carbocycles. The number of aliphatic hydroxyl groups excluding tert-OH is 1. The molecule has 1 heterocycles. The van der Waals surface area contributed by atoms with Crippen molar-refractivity contribution in [3.63, 3.8) is 0 Å².